The third-order valence-corrected chi connectivity index (χ3v) is 1.83. The highest BCUT2D eigenvalue weighted by molar-refractivity contribution is 7.80. The quantitative estimate of drug-likeness (QED) is 0.320. The van der Waals surface area contributed by atoms with Crippen LogP contribution in [-0.2, 0) is 0 Å². The Labute approximate surface area is 89.4 Å². The minimum absolute atomic E-state index is 0.302. The fraction of sp³-hybridized carbons (Fsp3) is 0. The van der Waals surface area contributed by atoms with E-state index in [0.717, 1.165) is 18.2 Å². The summed E-state index contributed by atoms with van der Waals surface area (Å²) >= 11 is 4.39. The van der Waals surface area contributed by atoms with Gasteiger partial charge in [0, 0.05) is 0 Å². The van der Waals surface area contributed by atoms with E-state index in [0.29, 0.717) is 5.01 Å². The second-order valence-corrected chi connectivity index (χ2v) is 3.03. The number of nitrogens with zero attached hydrogens (tertiary/aromatic N) is 1. The van der Waals surface area contributed by atoms with E-state index in [4.69, 9.17) is 11.6 Å². The van der Waals surface area contributed by atoms with Crippen molar-refractivity contribution in [1.29, 1.82) is 0 Å². The molecule has 0 aliphatic carbocycles. The van der Waals surface area contributed by atoms with Gasteiger partial charge in [0.2, 0.25) is 0 Å². The molecule has 0 atom stereocenters. The van der Waals surface area contributed by atoms with E-state index in [-0.39, 0.29) is 0 Å². The summed E-state index contributed by atoms with van der Waals surface area (Å²) in [5.74, 6) is 1.94. The molecule has 0 saturated carbocycles. The van der Waals surface area contributed by atoms with Crippen LogP contribution in [0.3, 0.4) is 0 Å². The van der Waals surface area contributed by atoms with Crippen molar-refractivity contribution in [3.8, 4) is 0 Å². The second kappa shape index (κ2) is 4.28. The number of halogens is 2. The third kappa shape index (κ3) is 2.25. The summed E-state index contributed by atoms with van der Waals surface area (Å²) in [6.45, 7) is 0. The zero-order chi connectivity index (χ0) is 11.6. The van der Waals surface area contributed by atoms with Crippen molar-refractivity contribution in [1.82, 2.24) is 5.01 Å². The first-order valence-corrected chi connectivity index (χ1v) is 4.18. The second-order valence-electron chi connectivity index (χ2n) is 2.61. The molecule has 0 aliphatic heterocycles. The zero-order valence-corrected chi connectivity index (χ0v) is 8.22. The van der Waals surface area contributed by atoms with Crippen LogP contribution in [0.1, 0.15) is 10.4 Å². The van der Waals surface area contributed by atoms with Crippen LogP contribution >= 0.6 is 12.2 Å². The number of nitrogens with two attached hydrogens (primary N) is 2. The molecular formula is C8H7F2N3OS. The van der Waals surface area contributed by atoms with Gasteiger partial charge in [-0.25, -0.2) is 19.6 Å². The summed E-state index contributed by atoms with van der Waals surface area (Å²) in [6, 6.07) is 3.00. The van der Waals surface area contributed by atoms with E-state index >= 15 is 0 Å². The van der Waals surface area contributed by atoms with E-state index in [2.05, 4.69) is 12.2 Å². The van der Waals surface area contributed by atoms with Crippen LogP contribution in [0.25, 0.3) is 0 Å². The SMILES string of the molecule is NC(=S)N(N)C(=O)c1c(F)cccc1F. The highest BCUT2D eigenvalue weighted by atomic mass is 32.1. The minimum Gasteiger partial charge on any atom is -0.375 e. The number of hydrazine groups is 1. The number of hydrogen-bond acceptors (Lipinski definition) is 3. The average Bonchev–Trinajstić information content (AvgIpc) is 2.15. The Hall–Kier alpha value is -1.60. The number of carbonyl (C=O) groups is 1. The molecule has 0 radical (unpaired) electrons. The third-order valence-electron chi connectivity index (χ3n) is 1.63. The summed E-state index contributed by atoms with van der Waals surface area (Å²) in [5.41, 5.74) is 4.26. The maximum atomic E-state index is 13.1. The van der Waals surface area contributed by atoms with Gasteiger partial charge in [-0.2, -0.15) is 0 Å². The first-order chi connectivity index (χ1) is 6.95. The van der Waals surface area contributed by atoms with Gasteiger partial charge in [-0.05, 0) is 24.4 Å². The molecule has 1 rings (SSSR count). The highest BCUT2D eigenvalue weighted by Crippen LogP contribution is 2.13. The molecule has 0 bridgehead atoms. The van der Waals surface area contributed by atoms with Crippen LogP contribution in [0.5, 0.6) is 0 Å². The number of carbonyl (C=O) groups excluding carboxylic acids is 1. The van der Waals surface area contributed by atoms with Gasteiger partial charge in [0.15, 0.2) is 5.11 Å². The van der Waals surface area contributed by atoms with Gasteiger partial charge in [0.05, 0.1) is 0 Å². The Kier molecular flexibility index (Phi) is 3.28. The molecule has 0 fully saturated rings. The molecule has 7 heteroatoms. The van der Waals surface area contributed by atoms with Gasteiger partial charge in [0.1, 0.15) is 17.2 Å². The number of amides is 1. The summed E-state index contributed by atoms with van der Waals surface area (Å²) < 4.78 is 26.2. The molecule has 1 aromatic rings. The molecular weight excluding hydrogens is 224 g/mol. The maximum Gasteiger partial charge on any atom is 0.280 e. The topological polar surface area (TPSA) is 72.3 Å². The molecule has 0 aliphatic rings. The van der Waals surface area contributed by atoms with Gasteiger partial charge < -0.3 is 5.73 Å². The van der Waals surface area contributed by atoms with Crippen LogP contribution in [0, 0.1) is 11.6 Å². The number of hydrogen-bond donors (Lipinski definition) is 2. The molecule has 4 N–H and O–H groups in total. The number of benzene rings is 1. The van der Waals surface area contributed by atoms with Crippen LogP contribution < -0.4 is 11.6 Å². The average molecular weight is 231 g/mol. The fourth-order valence-electron chi connectivity index (χ4n) is 0.923. The van der Waals surface area contributed by atoms with Crippen molar-refractivity contribution < 1.29 is 13.6 Å². The lowest BCUT2D eigenvalue weighted by atomic mass is 10.2. The largest absolute Gasteiger partial charge is 0.375 e. The van der Waals surface area contributed by atoms with E-state index in [9.17, 15) is 13.6 Å². The van der Waals surface area contributed by atoms with Gasteiger partial charge in [-0.15, -0.1) is 0 Å². The predicted molar refractivity (Wildman–Crippen MR) is 53.5 cm³/mol. The Bertz CT molecular complexity index is 404. The van der Waals surface area contributed by atoms with Crippen LogP contribution in [0.15, 0.2) is 18.2 Å². The standard InChI is InChI=1S/C8H7F2N3OS/c9-4-2-1-3-5(10)6(4)7(14)13(12)8(11)15/h1-3H,12H2,(H2,11,15). The summed E-state index contributed by atoms with van der Waals surface area (Å²) in [5, 5.41) is -0.167. The van der Waals surface area contributed by atoms with E-state index < -0.39 is 28.2 Å². The minimum atomic E-state index is -1.13. The first kappa shape index (κ1) is 11.5. The fourth-order valence-corrected chi connectivity index (χ4v) is 1.01. The monoisotopic (exact) mass is 231 g/mol. The van der Waals surface area contributed by atoms with Gasteiger partial charge in [-0.3, -0.25) is 4.79 Å². The first-order valence-electron chi connectivity index (χ1n) is 3.77. The Morgan fingerprint density at radius 2 is 1.80 bits per heavy atom. The lowest BCUT2D eigenvalue weighted by molar-refractivity contribution is 0.0839. The van der Waals surface area contributed by atoms with E-state index in [1.54, 1.807) is 0 Å². The van der Waals surface area contributed by atoms with Gasteiger partial charge >= 0.3 is 0 Å². The predicted octanol–water partition coefficient (Wildman–Crippen LogP) is 0.524. The molecule has 0 spiro atoms. The smallest absolute Gasteiger partial charge is 0.280 e. The van der Waals surface area contributed by atoms with Crippen LogP contribution in [-0.4, -0.2) is 16.0 Å². The van der Waals surface area contributed by atoms with Gasteiger partial charge in [0.25, 0.3) is 5.91 Å². The Balaban J connectivity index is 3.17. The number of rotatable bonds is 1. The molecule has 4 nitrogen and oxygen atoms in total. The summed E-state index contributed by atoms with van der Waals surface area (Å²) in [4.78, 5) is 11.4. The number of thiocarbonyl (C=S) groups is 1. The van der Waals surface area contributed by atoms with Crippen molar-refractivity contribution in [2.75, 3.05) is 0 Å². The zero-order valence-electron chi connectivity index (χ0n) is 7.41. The van der Waals surface area contributed by atoms with Crippen molar-refractivity contribution in [2.45, 2.75) is 0 Å². The molecule has 15 heavy (non-hydrogen) atoms. The molecule has 0 unspecified atom stereocenters. The van der Waals surface area contributed by atoms with Crippen molar-refractivity contribution in [3.63, 3.8) is 0 Å². The lowest BCUT2D eigenvalue weighted by Crippen LogP contribution is -2.46. The highest BCUT2D eigenvalue weighted by Gasteiger charge is 2.22. The van der Waals surface area contributed by atoms with E-state index in [1.165, 1.54) is 0 Å². The Morgan fingerprint density at radius 3 is 2.20 bits per heavy atom. The molecule has 0 aromatic heterocycles. The van der Waals surface area contributed by atoms with Gasteiger partial charge in [-0.1, -0.05) is 6.07 Å². The molecule has 80 valence electrons. The molecule has 1 aromatic carbocycles. The van der Waals surface area contributed by atoms with Crippen molar-refractivity contribution in [2.24, 2.45) is 11.6 Å². The van der Waals surface area contributed by atoms with Crippen molar-refractivity contribution >= 4 is 23.2 Å². The molecule has 0 heterocycles. The maximum absolute atomic E-state index is 13.1. The molecule has 0 saturated heterocycles. The summed E-state index contributed by atoms with van der Waals surface area (Å²) in [6.07, 6.45) is 0. The Morgan fingerprint density at radius 1 is 1.33 bits per heavy atom. The normalized spacial score (nSPS) is 9.80. The van der Waals surface area contributed by atoms with E-state index in [1.807, 2.05) is 0 Å². The van der Waals surface area contributed by atoms with Crippen LogP contribution in [0.4, 0.5) is 8.78 Å². The van der Waals surface area contributed by atoms with Crippen LogP contribution in [0.2, 0.25) is 0 Å². The molecule has 1 amide bonds. The summed E-state index contributed by atoms with van der Waals surface area (Å²) in [7, 11) is 0. The van der Waals surface area contributed by atoms with Crippen molar-refractivity contribution in [3.05, 3.63) is 35.4 Å². The lowest BCUT2D eigenvalue weighted by Gasteiger charge is -2.14.